The molecule has 130 valence electrons. The minimum absolute atomic E-state index is 0.146. The van der Waals surface area contributed by atoms with Crippen LogP contribution in [0.4, 0.5) is 0 Å². The molecule has 0 amide bonds. The quantitative estimate of drug-likeness (QED) is 0.866. The van der Waals surface area contributed by atoms with E-state index in [9.17, 15) is 5.11 Å². The van der Waals surface area contributed by atoms with E-state index in [1.165, 1.54) is 12.8 Å². The maximum absolute atomic E-state index is 9.93. The van der Waals surface area contributed by atoms with Crippen LogP contribution in [0.5, 0.6) is 11.5 Å². The summed E-state index contributed by atoms with van der Waals surface area (Å²) >= 11 is 0. The Morgan fingerprint density at radius 1 is 1.40 bits per heavy atom. The fraction of sp³-hybridized carbons (Fsp3) is 0.368. The molecule has 1 aromatic rings. The average Bonchev–Trinajstić information content (AvgIpc) is 3.46. The molecule has 0 atom stereocenters. The normalized spacial score (nSPS) is 20.7. The molecule has 2 heterocycles. The van der Waals surface area contributed by atoms with E-state index in [0.29, 0.717) is 12.4 Å². The minimum atomic E-state index is 0.146. The van der Waals surface area contributed by atoms with E-state index in [1.807, 2.05) is 37.5 Å². The molecule has 4 rings (SSSR count). The van der Waals surface area contributed by atoms with E-state index in [-0.39, 0.29) is 5.75 Å². The van der Waals surface area contributed by atoms with Crippen LogP contribution in [0.2, 0.25) is 0 Å². The Bertz CT molecular complexity index is 791. The summed E-state index contributed by atoms with van der Waals surface area (Å²) in [4.78, 5) is 11.3. The van der Waals surface area contributed by atoms with Gasteiger partial charge in [0.1, 0.15) is 0 Å². The second-order valence-corrected chi connectivity index (χ2v) is 6.41. The van der Waals surface area contributed by atoms with E-state index in [4.69, 9.17) is 9.73 Å². The highest BCUT2D eigenvalue weighted by Gasteiger charge is 2.26. The number of hydrogen-bond acceptors (Lipinski definition) is 5. The van der Waals surface area contributed by atoms with Crippen LogP contribution in [0.1, 0.15) is 25.3 Å². The number of phenolic OH excluding ortho intramolecular Hbond substituents is 1. The highest BCUT2D eigenvalue weighted by molar-refractivity contribution is 6.43. The third-order valence-corrected chi connectivity index (χ3v) is 4.40. The molecule has 25 heavy (non-hydrogen) atoms. The van der Waals surface area contributed by atoms with Gasteiger partial charge >= 0.3 is 0 Å². The second kappa shape index (κ2) is 6.63. The number of rotatable bonds is 5. The molecule has 6 heteroatoms. The third-order valence-electron chi connectivity index (χ3n) is 4.40. The van der Waals surface area contributed by atoms with Crippen molar-refractivity contribution in [3.8, 4) is 11.5 Å². The van der Waals surface area contributed by atoms with Crippen LogP contribution in [0.15, 0.2) is 46.7 Å². The van der Waals surface area contributed by atoms with Crippen molar-refractivity contribution in [3.05, 3.63) is 42.2 Å². The summed E-state index contributed by atoms with van der Waals surface area (Å²) in [6, 6.07) is 5.37. The largest absolute Gasteiger partial charge is 0.504 e. The lowest BCUT2D eigenvalue weighted by Crippen LogP contribution is -2.46. The Hall–Kier alpha value is -2.76. The first-order chi connectivity index (χ1) is 12.2. The lowest BCUT2D eigenvalue weighted by atomic mass is 10.1. The number of phenols is 1. The van der Waals surface area contributed by atoms with E-state index < -0.39 is 0 Å². The van der Waals surface area contributed by atoms with Gasteiger partial charge in [0.2, 0.25) is 0 Å². The van der Waals surface area contributed by atoms with Gasteiger partial charge in [0.05, 0.1) is 12.3 Å². The number of nitrogens with zero attached hydrogens (tertiary/aromatic N) is 3. The van der Waals surface area contributed by atoms with Gasteiger partial charge in [-0.15, -0.1) is 0 Å². The molecule has 2 aliphatic heterocycles. The number of ether oxygens (including phenoxy) is 1. The van der Waals surface area contributed by atoms with Crippen LogP contribution in [0, 0.1) is 5.92 Å². The van der Waals surface area contributed by atoms with Crippen molar-refractivity contribution >= 4 is 17.4 Å². The van der Waals surface area contributed by atoms with Crippen LogP contribution in [0.25, 0.3) is 5.70 Å². The van der Waals surface area contributed by atoms with E-state index in [1.54, 1.807) is 6.07 Å². The zero-order valence-corrected chi connectivity index (χ0v) is 14.3. The minimum Gasteiger partial charge on any atom is -0.504 e. The monoisotopic (exact) mass is 338 g/mol. The van der Waals surface area contributed by atoms with Gasteiger partial charge in [0.25, 0.3) is 0 Å². The lowest BCUT2D eigenvalue weighted by molar-refractivity contribution is 0.318. The van der Waals surface area contributed by atoms with E-state index >= 15 is 0 Å². The molecule has 3 aliphatic rings. The van der Waals surface area contributed by atoms with Gasteiger partial charge < -0.3 is 20.1 Å². The molecular weight excluding hydrogens is 316 g/mol. The van der Waals surface area contributed by atoms with Crippen molar-refractivity contribution in [1.29, 1.82) is 0 Å². The number of fused-ring (bicyclic) bond motifs is 1. The van der Waals surface area contributed by atoms with Crippen molar-refractivity contribution in [3.63, 3.8) is 0 Å². The van der Waals surface area contributed by atoms with Crippen molar-refractivity contribution < 1.29 is 9.84 Å². The molecule has 0 aromatic heterocycles. The number of benzene rings is 1. The Morgan fingerprint density at radius 3 is 3.08 bits per heavy atom. The lowest BCUT2D eigenvalue weighted by Gasteiger charge is -2.31. The first-order valence-electron chi connectivity index (χ1n) is 8.74. The first-order valence-corrected chi connectivity index (χ1v) is 8.74. The van der Waals surface area contributed by atoms with Gasteiger partial charge in [-0.3, -0.25) is 4.99 Å². The first kappa shape index (κ1) is 15.7. The molecule has 0 spiro atoms. The molecule has 1 saturated carbocycles. The molecular formula is C19H22N4O2. The summed E-state index contributed by atoms with van der Waals surface area (Å²) in [6.45, 7) is 4.01. The Morgan fingerprint density at radius 2 is 2.28 bits per heavy atom. The van der Waals surface area contributed by atoms with Crippen molar-refractivity contribution in [2.45, 2.75) is 19.8 Å². The van der Waals surface area contributed by atoms with Crippen LogP contribution in [-0.4, -0.2) is 41.4 Å². The zero-order chi connectivity index (χ0) is 17.2. The number of hydrogen-bond donors (Lipinski definition) is 2. The summed E-state index contributed by atoms with van der Waals surface area (Å²) in [7, 11) is 0. The third kappa shape index (κ3) is 3.38. The fourth-order valence-electron chi connectivity index (χ4n) is 2.86. The summed E-state index contributed by atoms with van der Waals surface area (Å²) in [5, 5.41) is 13.3. The molecule has 2 N–H and O–H groups in total. The molecule has 0 bridgehead atoms. The predicted octanol–water partition coefficient (Wildman–Crippen LogP) is 2.73. The van der Waals surface area contributed by atoms with Gasteiger partial charge in [-0.25, -0.2) is 4.99 Å². The van der Waals surface area contributed by atoms with E-state index in [0.717, 1.165) is 41.9 Å². The number of aromatic hydroxyl groups is 1. The number of aliphatic imine (C=N–C) groups is 2. The number of amidine groups is 2. The SMILES string of the molecule is CCOc1cc(C2=CN3CC=CN=C3C(=NCC3CC3)N2)ccc1O. The van der Waals surface area contributed by atoms with E-state index in [2.05, 4.69) is 15.2 Å². The van der Waals surface area contributed by atoms with Gasteiger partial charge in [-0.1, -0.05) is 0 Å². The Kier molecular flexibility index (Phi) is 4.17. The van der Waals surface area contributed by atoms with Crippen molar-refractivity contribution in [2.24, 2.45) is 15.9 Å². The van der Waals surface area contributed by atoms with Gasteiger partial charge in [0, 0.05) is 31.1 Å². The highest BCUT2D eigenvalue weighted by atomic mass is 16.5. The predicted molar refractivity (Wildman–Crippen MR) is 98.7 cm³/mol. The summed E-state index contributed by atoms with van der Waals surface area (Å²) < 4.78 is 5.51. The van der Waals surface area contributed by atoms with Gasteiger partial charge in [-0.05, 0) is 50.0 Å². The second-order valence-electron chi connectivity index (χ2n) is 6.41. The van der Waals surface area contributed by atoms with Crippen molar-refractivity contribution in [1.82, 2.24) is 10.2 Å². The molecule has 0 unspecified atom stereocenters. The zero-order valence-electron chi connectivity index (χ0n) is 14.3. The smallest absolute Gasteiger partial charge is 0.176 e. The molecule has 1 aliphatic carbocycles. The van der Waals surface area contributed by atoms with Crippen LogP contribution >= 0.6 is 0 Å². The van der Waals surface area contributed by atoms with Crippen molar-refractivity contribution in [2.75, 3.05) is 19.7 Å². The maximum atomic E-state index is 9.93. The topological polar surface area (TPSA) is 69.5 Å². The Labute approximate surface area is 147 Å². The fourth-order valence-corrected chi connectivity index (χ4v) is 2.86. The average molecular weight is 338 g/mol. The molecule has 6 nitrogen and oxygen atoms in total. The van der Waals surface area contributed by atoms with Crippen LogP contribution in [-0.2, 0) is 0 Å². The van der Waals surface area contributed by atoms with Gasteiger partial charge in [0.15, 0.2) is 23.2 Å². The number of nitrogens with one attached hydrogen (secondary N) is 1. The van der Waals surface area contributed by atoms with Crippen LogP contribution < -0.4 is 10.1 Å². The highest BCUT2D eigenvalue weighted by Crippen LogP contribution is 2.31. The summed E-state index contributed by atoms with van der Waals surface area (Å²) in [5.41, 5.74) is 1.86. The molecule has 0 radical (unpaired) electrons. The molecule has 1 fully saturated rings. The molecule has 1 aromatic carbocycles. The van der Waals surface area contributed by atoms with Gasteiger partial charge in [-0.2, -0.15) is 0 Å². The standard InChI is InChI=1S/C19H22N4O2/c1-2-25-17-10-14(6-7-16(17)24)15-12-23-9-3-8-20-19(23)18(22-15)21-11-13-4-5-13/h3,6-8,10,12-13,24H,2,4-5,9,11H2,1H3,(H,21,22). The molecule has 0 saturated heterocycles. The summed E-state index contributed by atoms with van der Waals surface area (Å²) in [6.07, 6.45) is 8.41. The van der Waals surface area contributed by atoms with Crippen LogP contribution in [0.3, 0.4) is 0 Å². The Balaban J connectivity index is 1.66. The maximum Gasteiger partial charge on any atom is 0.176 e. The summed E-state index contributed by atoms with van der Waals surface area (Å²) in [5.74, 6) is 3.01.